The van der Waals surface area contributed by atoms with Crippen LogP contribution in [0.2, 0.25) is 0 Å². The Bertz CT molecular complexity index is 1300. The summed E-state index contributed by atoms with van der Waals surface area (Å²) >= 11 is 1.51. The summed E-state index contributed by atoms with van der Waals surface area (Å²) < 4.78 is 5.13. The lowest BCUT2D eigenvalue weighted by Gasteiger charge is -2.11. The van der Waals surface area contributed by atoms with Crippen LogP contribution in [0.4, 0.5) is 5.69 Å². The first-order chi connectivity index (χ1) is 15.1. The van der Waals surface area contributed by atoms with E-state index in [2.05, 4.69) is 15.5 Å². The number of aromatic amines is 1. The normalized spacial score (nSPS) is 10.6. The fraction of sp³-hybridized carbons (Fsp3) is 0.0435. The van der Waals surface area contributed by atoms with Gasteiger partial charge in [0.25, 0.3) is 11.5 Å². The van der Waals surface area contributed by atoms with E-state index in [0.29, 0.717) is 16.5 Å². The predicted molar refractivity (Wildman–Crippen MR) is 118 cm³/mol. The summed E-state index contributed by atoms with van der Waals surface area (Å²) in [6.07, 6.45) is 0. The van der Waals surface area contributed by atoms with Gasteiger partial charge in [0, 0.05) is 15.2 Å². The van der Waals surface area contributed by atoms with E-state index in [1.807, 2.05) is 48.5 Å². The van der Waals surface area contributed by atoms with Crippen LogP contribution < -0.4 is 10.9 Å². The number of fused-ring (bicyclic) bond motifs is 1. The zero-order chi connectivity index (χ0) is 21.6. The van der Waals surface area contributed by atoms with Crippen molar-refractivity contribution in [2.24, 2.45) is 0 Å². The number of hydrogen-bond acceptors (Lipinski definition) is 6. The average Bonchev–Trinajstić information content (AvgIpc) is 2.80. The third-order valence-electron chi connectivity index (χ3n) is 4.36. The molecule has 3 aromatic carbocycles. The molecular weight excluding hydrogens is 414 g/mol. The number of carbonyl (C=O) groups is 2. The van der Waals surface area contributed by atoms with Crippen molar-refractivity contribution < 1.29 is 14.3 Å². The van der Waals surface area contributed by atoms with Gasteiger partial charge in [-0.3, -0.25) is 9.59 Å². The largest absolute Gasteiger partial charge is 0.451 e. The number of benzene rings is 3. The summed E-state index contributed by atoms with van der Waals surface area (Å²) in [5.41, 5.74) is 0.158. The predicted octanol–water partition coefficient (Wildman–Crippen LogP) is 3.87. The van der Waals surface area contributed by atoms with Crippen molar-refractivity contribution in [3.05, 3.63) is 94.9 Å². The average molecular weight is 431 g/mol. The van der Waals surface area contributed by atoms with Gasteiger partial charge in [-0.1, -0.05) is 60.3 Å². The summed E-state index contributed by atoms with van der Waals surface area (Å²) in [6.45, 7) is -0.488. The molecule has 0 aliphatic rings. The molecule has 0 aliphatic heterocycles. The van der Waals surface area contributed by atoms with E-state index < -0.39 is 24.0 Å². The molecule has 0 atom stereocenters. The third kappa shape index (κ3) is 4.81. The highest BCUT2D eigenvalue weighted by atomic mass is 32.2. The molecule has 4 rings (SSSR count). The van der Waals surface area contributed by atoms with Gasteiger partial charge in [0.05, 0.1) is 11.1 Å². The monoisotopic (exact) mass is 431 g/mol. The third-order valence-corrected chi connectivity index (χ3v) is 5.44. The maximum atomic E-state index is 12.4. The van der Waals surface area contributed by atoms with Crippen LogP contribution in [0.1, 0.15) is 10.5 Å². The number of para-hydroxylation sites is 1. The molecule has 4 aromatic rings. The number of nitrogens with zero attached hydrogens (tertiary/aromatic N) is 1. The minimum absolute atomic E-state index is 0.0527. The van der Waals surface area contributed by atoms with Crippen LogP contribution in [0.15, 0.2) is 93.4 Å². The molecule has 0 saturated carbocycles. The molecule has 0 spiro atoms. The first kappa shape index (κ1) is 20.4. The van der Waals surface area contributed by atoms with E-state index in [1.165, 1.54) is 11.8 Å². The van der Waals surface area contributed by atoms with Gasteiger partial charge in [-0.05, 0) is 30.3 Å². The molecule has 2 N–H and O–H groups in total. The molecule has 1 amide bonds. The van der Waals surface area contributed by atoms with Crippen molar-refractivity contribution in [2.45, 2.75) is 9.79 Å². The van der Waals surface area contributed by atoms with Gasteiger partial charge >= 0.3 is 5.97 Å². The van der Waals surface area contributed by atoms with E-state index in [4.69, 9.17) is 4.74 Å². The molecule has 154 valence electrons. The van der Waals surface area contributed by atoms with E-state index in [9.17, 15) is 14.4 Å². The highest BCUT2D eigenvalue weighted by Gasteiger charge is 2.17. The van der Waals surface area contributed by atoms with Crippen LogP contribution in [0.5, 0.6) is 0 Å². The molecule has 0 bridgehead atoms. The maximum Gasteiger partial charge on any atom is 0.359 e. The number of amides is 1. The number of hydrogen-bond donors (Lipinski definition) is 2. The topological polar surface area (TPSA) is 101 Å². The molecule has 1 heterocycles. The number of H-pyrrole nitrogens is 1. The van der Waals surface area contributed by atoms with E-state index in [-0.39, 0.29) is 5.69 Å². The first-order valence-electron chi connectivity index (χ1n) is 9.38. The lowest BCUT2D eigenvalue weighted by molar-refractivity contribution is -0.119. The van der Waals surface area contributed by atoms with Gasteiger partial charge in [0.2, 0.25) is 0 Å². The van der Waals surface area contributed by atoms with Crippen molar-refractivity contribution in [1.82, 2.24) is 10.2 Å². The van der Waals surface area contributed by atoms with Crippen molar-refractivity contribution >= 4 is 40.1 Å². The smallest absolute Gasteiger partial charge is 0.359 e. The van der Waals surface area contributed by atoms with Gasteiger partial charge in [0.1, 0.15) is 0 Å². The van der Waals surface area contributed by atoms with Gasteiger partial charge in [-0.25, -0.2) is 9.89 Å². The Labute approximate surface area is 181 Å². The summed E-state index contributed by atoms with van der Waals surface area (Å²) in [5, 5.41) is 9.51. The van der Waals surface area contributed by atoms with E-state index in [0.717, 1.165) is 9.79 Å². The Morgan fingerprint density at radius 2 is 1.58 bits per heavy atom. The Balaban J connectivity index is 1.43. The summed E-state index contributed by atoms with van der Waals surface area (Å²) in [4.78, 5) is 38.6. The lowest BCUT2D eigenvalue weighted by atomic mass is 10.1. The number of rotatable bonds is 6. The fourth-order valence-electron chi connectivity index (χ4n) is 2.93. The summed E-state index contributed by atoms with van der Waals surface area (Å²) in [5.74, 6) is -1.28. The minimum atomic E-state index is -0.797. The Morgan fingerprint density at radius 3 is 2.39 bits per heavy atom. The van der Waals surface area contributed by atoms with Gasteiger partial charge in [-0.2, -0.15) is 5.10 Å². The highest BCUT2D eigenvalue weighted by Crippen LogP contribution is 2.33. The quantitative estimate of drug-likeness (QED) is 0.450. The number of esters is 1. The van der Waals surface area contributed by atoms with Crippen LogP contribution >= 0.6 is 11.8 Å². The molecule has 31 heavy (non-hydrogen) atoms. The van der Waals surface area contributed by atoms with E-state index >= 15 is 0 Å². The number of aromatic nitrogens is 2. The summed E-state index contributed by atoms with van der Waals surface area (Å²) in [7, 11) is 0. The molecule has 0 aliphatic carbocycles. The van der Waals surface area contributed by atoms with Gasteiger partial charge in [-0.15, -0.1) is 0 Å². The second-order valence-electron chi connectivity index (χ2n) is 6.48. The molecule has 8 heteroatoms. The Hall–Kier alpha value is -3.91. The zero-order valence-electron chi connectivity index (χ0n) is 16.2. The van der Waals surface area contributed by atoms with Crippen LogP contribution in [0.25, 0.3) is 10.8 Å². The van der Waals surface area contributed by atoms with E-state index in [1.54, 1.807) is 30.3 Å². The molecule has 0 saturated heterocycles. The second kappa shape index (κ2) is 9.27. The molecule has 0 unspecified atom stereocenters. The number of carbonyl (C=O) groups excluding carboxylic acids is 2. The lowest BCUT2D eigenvalue weighted by Crippen LogP contribution is -2.23. The second-order valence-corrected chi connectivity index (χ2v) is 7.60. The highest BCUT2D eigenvalue weighted by molar-refractivity contribution is 7.99. The molecular formula is C23H17N3O4S. The summed E-state index contributed by atoms with van der Waals surface area (Å²) in [6, 6.07) is 23.7. The first-order valence-corrected chi connectivity index (χ1v) is 10.2. The number of nitrogens with one attached hydrogen (secondary N) is 2. The van der Waals surface area contributed by atoms with Crippen LogP contribution in [-0.4, -0.2) is 28.7 Å². The maximum absolute atomic E-state index is 12.4. The van der Waals surface area contributed by atoms with Crippen molar-refractivity contribution in [1.29, 1.82) is 0 Å². The van der Waals surface area contributed by atoms with Gasteiger partial charge in [0.15, 0.2) is 12.3 Å². The zero-order valence-corrected chi connectivity index (χ0v) is 17.0. The van der Waals surface area contributed by atoms with Crippen LogP contribution in [-0.2, 0) is 9.53 Å². The SMILES string of the molecule is O=C(COC(=O)c1n[nH]c(=O)c2ccccc12)Nc1ccccc1Sc1ccccc1. The Morgan fingerprint density at radius 1 is 0.903 bits per heavy atom. The molecule has 1 aromatic heterocycles. The molecule has 0 radical (unpaired) electrons. The number of ether oxygens (including phenoxy) is 1. The fourth-order valence-corrected chi connectivity index (χ4v) is 3.85. The van der Waals surface area contributed by atoms with Crippen molar-refractivity contribution in [3.63, 3.8) is 0 Å². The standard InChI is InChI=1S/C23H17N3O4S/c27-20(24-18-12-6-7-13-19(18)31-15-8-2-1-3-9-15)14-30-23(29)21-16-10-4-5-11-17(16)22(28)26-25-21/h1-13H,14H2,(H,24,27)(H,26,28). The van der Waals surface area contributed by atoms with Crippen molar-refractivity contribution in [3.8, 4) is 0 Å². The minimum Gasteiger partial charge on any atom is -0.451 e. The molecule has 7 nitrogen and oxygen atoms in total. The van der Waals surface area contributed by atoms with Gasteiger partial charge < -0.3 is 10.1 Å². The van der Waals surface area contributed by atoms with Crippen molar-refractivity contribution in [2.75, 3.05) is 11.9 Å². The van der Waals surface area contributed by atoms with Crippen LogP contribution in [0.3, 0.4) is 0 Å². The van der Waals surface area contributed by atoms with Crippen LogP contribution in [0, 0.1) is 0 Å². The molecule has 0 fully saturated rings. The number of anilines is 1. The Kier molecular flexibility index (Phi) is 6.09.